The Morgan fingerprint density at radius 3 is 3.00 bits per heavy atom. The molecule has 1 N–H and O–H groups in total. The molecule has 0 unspecified atom stereocenters. The van der Waals surface area contributed by atoms with Gasteiger partial charge in [0.2, 0.25) is 5.76 Å². The van der Waals surface area contributed by atoms with E-state index in [1.165, 1.54) is 6.39 Å². The number of hydrogen-bond acceptors (Lipinski definition) is 3. The molecule has 0 atom stereocenters. The van der Waals surface area contributed by atoms with Crippen molar-refractivity contribution in [3.05, 3.63) is 17.8 Å². The van der Waals surface area contributed by atoms with Gasteiger partial charge >= 0.3 is 0 Å². The standard InChI is InChI=1S/C9H14N2O2/c1-3-4-5-10-9(12)8-7(2)11-6-13-8/h6H,3-5H2,1-2H3,(H,10,12). The number of carbonyl (C=O) groups is 1. The van der Waals surface area contributed by atoms with E-state index in [9.17, 15) is 4.79 Å². The first-order chi connectivity index (χ1) is 6.25. The van der Waals surface area contributed by atoms with Crippen LogP contribution in [0.25, 0.3) is 0 Å². The molecule has 0 saturated heterocycles. The summed E-state index contributed by atoms with van der Waals surface area (Å²) in [4.78, 5) is 15.2. The third-order valence-corrected chi connectivity index (χ3v) is 1.77. The van der Waals surface area contributed by atoms with Crippen LogP contribution in [-0.4, -0.2) is 17.4 Å². The number of amides is 1. The van der Waals surface area contributed by atoms with Crippen LogP contribution in [0.2, 0.25) is 0 Å². The second-order valence-electron chi connectivity index (χ2n) is 2.88. The highest BCUT2D eigenvalue weighted by molar-refractivity contribution is 5.92. The lowest BCUT2D eigenvalue weighted by Gasteiger charge is -2.00. The monoisotopic (exact) mass is 182 g/mol. The van der Waals surface area contributed by atoms with Crippen molar-refractivity contribution in [2.75, 3.05) is 6.54 Å². The molecule has 0 aromatic carbocycles. The molecule has 0 spiro atoms. The molecule has 0 fully saturated rings. The van der Waals surface area contributed by atoms with Crippen LogP contribution < -0.4 is 5.32 Å². The lowest BCUT2D eigenvalue weighted by atomic mass is 10.3. The van der Waals surface area contributed by atoms with Crippen LogP contribution in [0.5, 0.6) is 0 Å². The first-order valence-electron chi connectivity index (χ1n) is 4.44. The van der Waals surface area contributed by atoms with E-state index in [1.54, 1.807) is 6.92 Å². The lowest BCUT2D eigenvalue weighted by Crippen LogP contribution is -2.24. The number of aryl methyl sites for hydroxylation is 1. The average Bonchev–Trinajstić information content (AvgIpc) is 2.52. The van der Waals surface area contributed by atoms with Gasteiger partial charge in [-0.25, -0.2) is 4.98 Å². The summed E-state index contributed by atoms with van der Waals surface area (Å²) in [6.07, 6.45) is 3.33. The van der Waals surface area contributed by atoms with Crippen LogP contribution in [0.3, 0.4) is 0 Å². The van der Waals surface area contributed by atoms with Gasteiger partial charge in [0.25, 0.3) is 5.91 Å². The van der Waals surface area contributed by atoms with Gasteiger partial charge in [0.15, 0.2) is 6.39 Å². The minimum absolute atomic E-state index is 0.177. The molecule has 1 amide bonds. The van der Waals surface area contributed by atoms with Crippen molar-refractivity contribution in [1.82, 2.24) is 10.3 Å². The molecule has 1 heterocycles. The highest BCUT2D eigenvalue weighted by atomic mass is 16.3. The maximum absolute atomic E-state index is 11.4. The second-order valence-corrected chi connectivity index (χ2v) is 2.88. The molecule has 0 aliphatic heterocycles. The molecule has 1 aromatic rings. The van der Waals surface area contributed by atoms with Crippen molar-refractivity contribution < 1.29 is 9.21 Å². The summed E-state index contributed by atoms with van der Waals surface area (Å²) in [5.74, 6) is 0.138. The van der Waals surface area contributed by atoms with Crippen molar-refractivity contribution in [1.29, 1.82) is 0 Å². The van der Waals surface area contributed by atoms with Crippen LogP contribution in [0.1, 0.15) is 36.0 Å². The Kier molecular flexibility index (Phi) is 3.49. The lowest BCUT2D eigenvalue weighted by molar-refractivity contribution is 0.0924. The van der Waals surface area contributed by atoms with Crippen LogP contribution in [0, 0.1) is 6.92 Å². The summed E-state index contributed by atoms with van der Waals surface area (Å²) in [6.45, 7) is 4.51. The predicted octanol–water partition coefficient (Wildman–Crippen LogP) is 1.51. The zero-order valence-corrected chi connectivity index (χ0v) is 7.96. The van der Waals surface area contributed by atoms with Gasteiger partial charge in [0.1, 0.15) is 0 Å². The van der Waals surface area contributed by atoms with Crippen LogP contribution in [0.4, 0.5) is 0 Å². The van der Waals surface area contributed by atoms with Gasteiger partial charge < -0.3 is 9.73 Å². The number of hydrogen-bond donors (Lipinski definition) is 1. The van der Waals surface area contributed by atoms with Crippen LogP contribution >= 0.6 is 0 Å². The average molecular weight is 182 g/mol. The molecule has 72 valence electrons. The van der Waals surface area contributed by atoms with E-state index in [0.717, 1.165) is 12.8 Å². The van der Waals surface area contributed by atoms with Crippen LogP contribution in [-0.2, 0) is 0 Å². The number of rotatable bonds is 4. The molecule has 4 heteroatoms. The van der Waals surface area contributed by atoms with Gasteiger partial charge in [-0.2, -0.15) is 0 Å². The fourth-order valence-corrected chi connectivity index (χ4v) is 0.979. The largest absolute Gasteiger partial charge is 0.438 e. The van der Waals surface area contributed by atoms with E-state index in [-0.39, 0.29) is 5.91 Å². The third-order valence-electron chi connectivity index (χ3n) is 1.77. The quantitative estimate of drug-likeness (QED) is 0.718. The summed E-state index contributed by atoms with van der Waals surface area (Å²) in [6, 6.07) is 0. The first kappa shape index (κ1) is 9.77. The van der Waals surface area contributed by atoms with E-state index >= 15 is 0 Å². The summed E-state index contributed by atoms with van der Waals surface area (Å²) >= 11 is 0. The Labute approximate surface area is 77.3 Å². The summed E-state index contributed by atoms with van der Waals surface area (Å²) < 4.78 is 4.93. The molecule has 1 rings (SSSR count). The molecule has 0 saturated carbocycles. The highest BCUT2D eigenvalue weighted by Crippen LogP contribution is 2.03. The Morgan fingerprint density at radius 2 is 2.46 bits per heavy atom. The first-order valence-corrected chi connectivity index (χ1v) is 4.44. The van der Waals surface area contributed by atoms with Gasteiger partial charge in [-0.3, -0.25) is 4.79 Å². The van der Waals surface area contributed by atoms with Crippen LogP contribution in [0.15, 0.2) is 10.8 Å². The maximum atomic E-state index is 11.4. The molecule has 0 aliphatic rings. The zero-order valence-electron chi connectivity index (χ0n) is 7.96. The molecular formula is C9H14N2O2. The summed E-state index contributed by atoms with van der Waals surface area (Å²) in [5, 5.41) is 2.75. The Balaban J connectivity index is 2.45. The highest BCUT2D eigenvalue weighted by Gasteiger charge is 2.12. The minimum atomic E-state index is -0.177. The Hall–Kier alpha value is -1.32. The van der Waals surface area contributed by atoms with E-state index in [1.807, 2.05) is 0 Å². The number of aromatic nitrogens is 1. The van der Waals surface area contributed by atoms with Gasteiger partial charge in [-0.1, -0.05) is 13.3 Å². The molecule has 4 nitrogen and oxygen atoms in total. The predicted molar refractivity (Wildman–Crippen MR) is 48.5 cm³/mol. The number of carbonyl (C=O) groups excluding carboxylic acids is 1. The topological polar surface area (TPSA) is 55.1 Å². The normalized spacial score (nSPS) is 10.0. The third kappa shape index (κ3) is 2.57. The minimum Gasteiger partial charge on any atom is -0.438 e. The second kappa shape index (κ2) is 4.64. The fourth-order valence-electron chi connectivity index (χ4n) is 0.979. The number of nitrogens with zero attached hydrogens (tertiary/aromatic N) is 1. The number of nitrogens with one attached hydrogen (secondary N) is 1. The van der Waals surface area contributed by atoms with Gasteiger partial charge in [0.05, 0.1) is 5.69 Å². The Bertz CT molecular complexity index is 281. The van der Waals surface area contributed by atoms with Gasteiger partial charge in [-0.05, 0) is 13.3 Å². The van der Waals surface area contributed by atoms with Crippen molar-refractivity contribution in [2.45, 2.75) is 26.7 Å². The molecule has 1 aromatic heterocycles. The zero-order chi connectivity index (χ0) is 9.68. The van der Waals surface area contributed by atoms with Crippen molar-refractivity contribution >= 4 is 5.91 Å². The smallest absolute Gasteiger partial charge is 0.288 e. The van der Waals surface area contributed by atoms with E-state index in [2.05, 4.69) is 17.2 Å². The molecule has 0 radical (unpaired) electrons. The van der Waals surface area contributed by atoms with E-state index in [0.29, 0.717) is 18.0 Å². The van der Waals surface area contributed by atoms with Crippen molar-refractivity contribution in [3.8, 4) is 0 Å². The van der Waals surface area contributed by atoms with Crippen molar-refractivity contribution in [2.24, 2.45) is 0 Å². The molecule has 0 bridgehead atoms. The van der Waals surface area contributed by atoms with Gasteiger partial charge in [-0.15, -0.1) is 0 Å². The summed E-state index contributed by atoms with van der Waals surface area (Å²) in [5.41, 5.74) is 0.633. The SMILES string of the molecule is CCCCNC(=O)c1ocnc1C. The molecule has 0 aliphatic carbocycles. The fraction of sp³-hybridized carbons (Fsp3) is 0.556. The van der Waals surface area contributed by atoms with E-state index < -0.39 is 0 Å². The van der Waals surface area contributed by atoms with Crippen molar-refractivity contribution in [3.63, 3.8) is 0 Å². The Morgan fingerprint density at radius 1 is 1.69 bits per heavy atom. The van der Waals surface area contributed by atoms with E-state index in [4.69, 9.17) is 4.42 Å². The number of unbranched alkanes of at least 4 members (excludes halogenated alkanes) is 1. The summed E-state index contributed by atoms with van der Waals surface area (Å²) in [7, 11) is 0. The molecular weight excluding hydrogens is 168 g/mol. The number of oxazole rings is 1. The van der Waals surface area contributed by atoms with Gasteiger partial charge in [0, 0.05) is 6.54 Å². The molecule has 13 heavy (non-hydrogen) atoms. The maximum Gasteiger partial charge on any atom is 0.288 e.